The van der Waals surface area contributed by atoms with E-state index in [-0.39, 0.29) is 12.5 Å². The highest BCUT2D eigenvalue weighted by Crippen LogP contribution is 2.13. The molecule has 0 saturated heterocycles. The smallest absolute Gasteiger partial charge is 0.0639 e. The molecule has 0 aliphatic heterocycles. The van der Waals surface area contributed by atoms with Crippen LogP contribution in [0.4, 0.5) is 0 Å². The Kier molecular flexibility index (Phi) is 7.15. The molecule has 10 heavy (non-hydrogen) atoms. The van der Waals surface area contributed by atoms with E-state index in [0.29, 0.717) is 0 Å². The fraction of sp³-hybridized carbons (Fsp3) is 1.00. The summed E-state index contributed by atoms with van der Waals surface area (Å²) in [7, 11) is 0. The topological polar surface area (TPSA) is 40.5 Å². The van der Waals surface area contributed by atoms with Gasteiger partial charge in [0.2, 0.25) is 0 Å². The summed E-state index contributed by atoms with van der Waals surface area (Å²) in [5.74, 6) is -0.0394. The van der Waals surface area contributed by atoms with E-state index in [9.17, 15) is 0 Å². The van der Waals surface area contributed by atoms with Gasteiger partial charge in [-0.15, -0.1) is 0 Å². The van der Waals surface area contributed by atoms with Crippen LogP contribution in [0.25, 0.3) is 0 Å². The van der Waals surface area contributed by atoms with Crippen molar-refractivity contribution in [2.24, 2.45) is 5.92 Å². The molecule has 0 aliphatic carbocycles. The lowest BCUT2D eigenvalue weighted by atomic mass is 9.94. The molecule has 0 saturated carbocycles. The molecule has 0 aromatic heterocycles. The highest BCUT2D eigenvalue weighted by molar-refractivity contribution is 4.71. The van der Waals surface area contributed by atoms with Gasteiger partial charge in [0.1, 0.15) is 0 Å². The molecule has 0 bridgehead atoms. The van der Waals surface area contributed by atoms with Gasteiger partial charge in [0.15, 0.2) is 0 Å². The third-order valence-corrected chi connectivity index (χ3v) is 1.48. The summed E-state index contributed by atoms with van der Waals surface area (Å²) in [6.07, 6.45) is 0. The van der Waals surface area contributed by atoms with Crippen LogP contribution in [-0.4, -0.2) is 22.4 Å². The van der Waals surface area contributed by atoms with Gasteiger partial charge >= 0.3 is 0 Å². The standard InChI is InChI=1S/C6H14O2.C2H6/c1-5(4-7)6(2,3)8;1-2/h5,7-8H,4H2,1-3H3;1-2H3. The van der Waals surface area contributed by atoms with Crippen molar-refractivity contribution in [3.05, 3.63) is 0 Å². The second kappa shape index (κ2) is 5.69. The summed E-state index contributed by atoms with van der Waals surface area (Å²) < 4.78 is 0. The Balaban J connectivity index is 0. The predicted molar refractivity (Wildman–Crippen MR) is 43.9 cm³/mol. The molecule has 2 nitrogen and oxygen atoms in total. The SMILES string of the molecule is CC.CC(CO)C(C)(C)O. The van der Waals surface area contributed by atoms with E-state index in [2.05, 4.69) is 0 Å². The average Bonchev–Trinajstić information content (AvgIpc) is 1.89. The highest BCUT2D eigenvalue weighted by Gasteiger charge is 2.20. The third kappa shape index (κ3) is 6.05. The minimum atomic E-state index is -0.741. The van der Waals surface area contributed by atoms with E-state index in [0.717, 1.165) is 0 Å². The summed E-state index contributed by atoms with van der Waals surface area (Å²) >= 11 is 0. The van der Waals surface area contributed by atoms with Crippen LogP contribution in [0.1, 0.15) is 34.6 Å². The van der Waals surface area contributed by atoms with Crippen molar-refractivity contribution < 1.29 is 10.2 Å². The van der Waals surface area contributed by atoms with Gasteiger partial charge in [0, 0.05) is 12.5 Å². The lowest BCUT2D eigenvalue weighted by Crippen LogP contribution is -2.30. The number of hydrogen-bond acceptors (Lipinski definition) is 2. The first-order valence-electron chi connectivity index (χ1n) is 3.81. The molecule has 0 aromatic carbocycles. The van der Waals surface area contributed by atoms with Crippen molar-refractivity contribution in [3.8, 4) is 0 Å². The molecular weight excluding hydrogens is 128 g/mol. The molecule has 1 atom stereocenters. The first-order valence-corrected chi connectivity index (χ1v) is 3.81. The molecule has 0 radical (unpaired) electrons. The largest absolute Gasteiger partial charge is 0.396 e. The van der Waals surface area contributed by atoms with E-state index in [1.54, 1.807) is 20.8 Å². The Morgan fingerprint density at radius 2 is 1.60 bits per heavy atom. The molecule has 2 heteroatoms. The second-order valence-electron chi connectivity index (χ2n) is 2.74. The van der Waals surface area contributed by atoms with E-state index >= 15 is 0 Å². The molecule has 0 rings (SSSR count). The Bertz CT molecular complexity index is 64.1. The zero-order valence-corrected chi connectivity index (χ0v) is 7.68. The molecule has 0 heterocycles. The van der Waals surface area contributed by atoms with Crippen molar-refractivity contribution in [3.63, 3.8) is 0 Å². The van der Waals surface area contributed by atoms with Gasteiger partial charge in [-0.25, -0.2) is 0 Å². The van der Waals surface area contributed by atoms with Crippen molar-refractivity contribution in [2.45, 2.75) is 40.2 Å². The first-order chi connectivity index (χ1) is 4.48. The molecule has 0 amide bonds. The lowest BCUT2D eigenvalue weighted by Gasteiger charge is -2.23. The number of rotatable bonds is 2. The van der Waals surface area contributed by atoms with Crippen LogP contribution in [0.5, 0.6) is 0 Å². The van der Waals surface area contributed by atoms with Gasteiger partial charge in [-0.2, -0.15) is 0 Å². The van der Waals surface area contributed by atoms with Crippen LogP contribution in [0.2, 0.25) is 0 Å². The van der Waals surface area contributed by atoms with Crippen LogP contribution in [0.15, 0.2) is 0 Å². The maximum Gasteiger partial charge on any atom is 0.0639 e. The fourth-order valence-corrected chi connectivity index (χ4v) is 0.223. The third-order valence-electron chi connectivity index (χ3n) is 1.48. The zero-order valence-electron chi connectivity index (χ0n) is 7.68. The minimum absolute atomic E-state index is 0.0394. The van der Waals surface area contributed by atoms with E-state index in [1.165, 1.54) is 0 Å². The van der Waals surface area contributed by atoms with E-state index in [1.807, 2.05) is 13.8 Å². The van der Waals surface area contributed by atoms with Crippen molar-refractivity contribution in [2.75, 3.05) is 6.61 Å². The lowest BCUT2D eigenvalue weighted by molar-refractivity contribution is 0.000238. The summed E-state index contributed by atoms with van der Waals surface area (Å²) in [6.45, 7) is 9.23. The van der Waals surface area contributed by atoms with Gasteiger partial charge in [-0.1, -0.05) is 20.8 Å². The summed E-state index contributed by atoms with van der Waals surface area (Å²) in [5, 5.41) is 17.6. The minimum Gasteiger partial charge on any atom is -0.396 e. The van der Waals surface area contributed by atoms with Crippen LogP contribution < -0.4 is 0 Å². The molecule has 2 N–H and O–H groups in total. The molecule has 0 fully saturated rings. The zero-order chi connectivity index (χ0) is 8.78. The molecule has 0 spiro atoms. The van der Waals surface area contributed by atoms with Gasteiger partial charge in [-0.3, -0.25) is 0 Å². The molecule has 1 unspecified atom stereocenters. The Hall–Kier alpha value is -0.0800. The van der Waals surface area contributed by atoms with Crippen molar-refractivity contribution in [1.82, 2.24) is 0 Å². The van der Waals surface area contributed by atoms with Crippen molar-refractivity contribution >= 4 is 0 Å². The number of aliphatic hydroxyl groups excluding tert-OH is 1. The molecule has 0 aliphatic rings. The number of hydrogen-bond donors (Lipinski definition) is 2. The van der Waals surface area contributed by atoms with Crippen LogP contribution in [0, 0.1) is 5.92 Å². The summed E-state index contributed by atoms with van der Waals surface area (Å²) in [5.41, 5.74) is -0.741. The average molecular weight is 148 g/mol. The summed E-state index contributed by atoms with van der Waals surface area (Å²) in [4.78, 5) is 0. The Morgan fingerprint density at radius 3 is 1.60 bits per heavy atom. The van der Waals surface area contributed by atoms with Crippen molar-refractivity contribution in [1.29, 1.82) is 0 Å². The maximum atomic E-state index is 9.13. The first kappa shape index (κ1) is 12.6. The van der Waals surface area contributed by atoms with E-state index in [4.69, 9.17) is 10.2 Å². The second-order valence-corrected chi connectivity index (χ2v) is 2.74. The normalized spacial score (nSPS) is 13.5. The van der Waals surface area contributed by atoms with Crippen LogP contribution in [0.3, 0.4) is 0 Å². The van der Waals surface area contributed by atoms with Crippen LogP contribution in [-0.2, 0) is 0 Å². The predicted octanol–water partition coefficient (Wildman–Crippen LogP) is 1.41. The number of aliphatic hydroxyl groups is 2. The summed E-state index contributed by atoms with van der Waals surface area (Å²) in [6, 6.07) is 0. The quantitative estimate of drug-likeness (QED) is 0.621. The Labute approximate surface area is 63.9 Å². The van der Waals surface area contributed by atoms with Gasteiger partial charge in [0.25, 0.3) is 0 Å². The van der Waals surface area contributed by atoms with Gasteiger partial charge in [0.05, 0.1) is 5.60 Å². The fourth-order valence-electron chi connectivity index (χ4n) is 0.223. The molecule has 0 aromatic rings. The molecule has 64 valence electrons. The Morgan fingerprint density at radius 1 is 1.30 bits per heavy atom. The molecular formula is C8H20O2. The van der Waals surface area contributed by atoms with Crippen LogP contribution >= 0.6 is 0 Å². The highest BCUT2D eigenvalue weighted by atomic mass is 16.3. The van der Waals surface area contributed by atoms with Gasteiger partial charge in [-0.05, 0) is 13.8 Å². The monoisotopic (exact) mass is 148 g/mol. The maximum absolute atomic E-state index is 9.13. The van der Waals surface area contributed by atoms with E-state index < -0.39 is 5.60 Å². The van der Waals surface area contributed by atoms with Gasteiger partial charge < -0.3 is 10.2 Å².